The summed E-state index contributed by atoms with van der Waals surface area (Å²) in [6.07, 6.45) is -0.678. The van der Waals surface area contributed by atoms with Crippen LogP contribution in [0.3, 0.4) is 0 Å². The molecule has 1 aliphatic rings. The molecular formula is C9H7BrN2O2. The van der Waals surface area contributed by atoms with E-state index in [1.165, 1.54) is 0 Å². The monoisotopic (exact) mass is 254 g/mol. The quantitative estimate of drug-likeness (QED) is 0.823. The second-order valence-electron chi connectivity index (χ2n) is 2.84. The zero-order chi connectivity index (χ0) is 10.1. The Kier molecular flexibility index (Phi) is 2.25. The molecule has 0 aliphatic carbocycles. The molecule has 1 unspecified atom stereocenters. The number of carbonyl (C=O) groups excluding carboxylic acids is 1. The fourth-order valence-electron chi connectivity index (χ4n) is 1.21. The number of amides is 1. The molecule has 0 aromatic heterocycles. The van der Waals surface area contributed by atoms with Gasteiger partial charge >= 0.3 is 0 Å². The first-order valence-corrected chi connectivity index (χ1v) is 4.76. The minimum Gasteiger partial charge on any atom is -0.447 e. The van der Waals surface area contributed by atoms with Crippen LogP contribution in [0.5, 0.6) is 0 Å². The highest BCUT2D eigenvalue weighted by molar-refractivity contribution is 9.10. The van der Waals surface area contributed by atoms with E-state index >= 15 is 0 Å². The van der Waals surface area contributed by atoms with Crippen LogP contribution in [0.2, 0.25) is 0 Å². The molecule has 1 aromatic carbocycles. The van der Waals surface area contributed by atoms with Gasteiger partial charge in [0.25, 0.3) is 11.9 Å². The number of carbonyl (C=O) groups is 1. The molecule has 1 atom stereocenters. The van der Waals surface area contributed by atoms with Crippen LogP contribution in [-0.4, -0.2) is 11.9 Å². The Morgan fingerprint density at radius 1 is 1.36 bits per heavy atom. The van der Waals surface area contributed by atoms with Gasteiger partial charge in [-0.15, -0.1) is 0 Å². The lowest BCUT2D eigenvalue weighted by Gasteiger charge is -2.07. The smallest absolute Gasteiger partial charge is 0.296 e. The normalized spacial score (nSPS) is 20.5. The van der Waals surface area contributed by atoms with Gasteiger partial charge in [0.1, 0.15) is 0 Å². The fraction of sp³-hybridized carbons (Fsp3) is 0.111. The first-order chi connectivity index (χ1) is 6.66. The van der Waals surface area contributed by atoms with E-state index in [9.17, 15) is 4.79 Å². The molecule has 1 amide bonds. The van der Waals surface area contributed by atoms with Crippen LogP contribution in [0.1, 0.15) is 11.7 Å². The van der Waals surface area contributed by atoms with Crippen LogP contribution in [0, 0.1) is 0 Å². The number of hydrogen-bond donors (Lipinski definition) is 1. The third-order valence-corrected chi connectivity index (χ3v) is 2.38. The number of hydrogen-bond acceptors (Lipinski definition) is 3. The number of aliphatic imine (C=N–C) groups is 1. The third-order valence-electron chi connectivity index (χ3n) is 1.86. The van der Waals surface area contributed by atoms with E-state index in [-0.39, 0.29) is 11.9 Å². The predicted molar refractivity (Wildman–Crippen MR) is 54.6 cm³/mol. The van der Waals surface area contributed by atoms with E-state index in [0.717, 1.165) is 10.0 Å². The summed E-state index contributed by atoms with van der Waals surface area (Å²) >= 11 is 3.30. The first-order valence-electron chi connectivity index (χ1n) is 3.97. The molecule has 0 bridgehead atoms. The van der Waals surface area contributed by atoms with E-state index in [2.05, 4.69) is 20.9 Å². The van der Waals surface area contributed by atoms with Gasteiger partial charge in [-0.05, 0) is 12.1 Å². The van der Waals surface area contributed by atoms with E-state index < -0.39 is 6.10 Å². The molecule has 1 heterocycles. The van der Waals surface area contributed by atoms with Gasteiger partial charge in [0.2, 0.25) is 6.10 Å². The summed E-state index contributed by atoms with van der Waals surface area (Å²) in [7, 11) is 0. The molecular weight excluding hydrogens is 248 g/mol. The van der Waals surface area contributed by atoms with Crippen LogP contribution < -0.4 is 5.73 Å². The Labute approximate surface area is 88.9 Å². The number of amidine groups is 1. The molecule has 72 valence electrons. The molecule has 0 saturated heterocycles. The number of nitrogens with two attached hydrogens (primary N) is 1. The van der Waals surface area contributed by atoms with Gasteiger partial charge in [0.15, 0.2) is 0 Å². The van der Waals surface area contributed by atoms with Gasteiger partial charge in [-0.1, -0.05) is 28.1 Å². The lowest BCUT2D eigenvalue weighted by Crippen LogP contribution is -2.13. The highest BCUT2D eigenvalue weighted by atomic mass is 79.9. The molecule has 4 nitrogen and oxygen atoms in total. The molecule has 14 heavy (non-hydrogen) atoms. The minimum absolute atomic E-state index is 0.0667. The summed E-state index contributed by atoms with van der Waals surface area (Å²) in [6.45, 7) is 0. The highest BCUT2D eigenvalue weighted by Crippen LogP contribution is 2.24. The van der Waals surface area contributed by atoms with Crippen molar-refractivity contribution >= 4 is 27.9 Å². The molecule has 1 aromatic rings. The Morgan fingerprint density at radius 2 is 2.00 bits per heavy atom. The van der Waals surface area contributed by atoms with Crippen molar-refractivity contribution < 1.29 is 9.53 Å². The molecule has 0 fully saturated rings. The van der Waals surface area contributed by atoms with Crippen LogP contribution in [-0.2, 0) is 9.53 Å². The maximum absolute atomic E-state index is 11.3. The van der Waals surface area contributed by atoms with Crippen molar-refractivity contribution in [3.8, 4) is 0 Å². The summed E-state index contributed by atoms with van der Waals surface area (Å²) in [4.78, 5) is 14.8. The molecule has 1 aliphatic heterocycles. The topological polar surface area (TPSA) is 64.7 Å². The first kappa shape index (κ1) is 9.21. The molecule has 0 saturated carbocycles. The maximum atomic E-state index is 11.3. The lowest BCUT2D eigenvalue weighted by atomic mass is 10.1. The van der Waals surface area contributed by atoms with Gasteiger partial charge < -0.3 is 10.5 Å². The van der Waals surface area contributed by atoms with Crippen LogP contribution >= 0.6 is 15.9 Å². The number of halogens is 1. The Balaban J connectivity index is 2.26. The van der Waals surface area contributed by atoms with Crippen molar-refractivity contribution in [2.45, 2.75) is 6.10 Å². The zero-order valence-electron chi connectivity index (χ0n) is 7.11. The van der Waals surface area contributed by atoms with Crippen LogP contribution in [0.25, 0.3) is 0 Å². The van der Waals surface area contributed by atoms with Gasteiger partial charge in [0, 0.05) is 10.0 Å². The largest absolute Gasteiger partial charge is 0.447 e. The SMILES string of the molecule is NC1=NC(=O)C(c2ccc(Br)cc2)O1. The second kappa shape index (κ2) is 3.42. The lowest BCUT2D eigenvalue weighted by molar-refractivity contribution is -0.122. The molecule has 5 heteroatoms. The Morgan fingerprint density at radius 3 is 2.50 bits per heavy atom. The molecule has 0 radical (unpaired) electrons. The summed E-state index contributed by atoms with van der Waals surface area (Å²) in [6, 6.07) is 7.19. The fourth-order valence-corrected chi connectivity index (χ4v) is 1.48. The van der Waals surface area contributed by atoms with Gasteiger partial charge in [0.05, 0.1) is 0 Å². The average molecular weight is 255 g/mol. The van der Waals surface area contributed by atoms with Crippen molar-refractivity contribution in [3.63, 3.8) is 0 Å². The zero-order valence-corrected chi connectivity index (χ0v) is 8.69. The van der Waals surface area contributed by atoms with Crippen molar-refractivity contribution in [2.75, 3.05) is 0 Å². The van der Waals surface area contributed by atoms with Crippen molar-refractivity contribution in [2.24, 2.45) is 10.7 Å². The molecule has 0 spiro atoms. The van der Waals surface area contributed by atoms with Crippen LogP contribution in [0.4, 0.5) is 0 Å². The number of ether oxygens (including phenoxy) is 1. The Bertz CT molecular complexity index is 400. The molecule has 2 rings (SSSR count). The van der Waals surface area contributed by atoms with Gasteiger partial charge in [-0.2, -0.15) is 4.99 Å². The number of benzene rings is 1. The van der Waals surface area contributed by atoms with E-state index in [1.807, 2.05) is 12.1 Å². The van der Waals surface area contributed by atoms with Crippen molar-refractivity contribution in [1.29, 1.82) is 0 Å². The van der Waals surface area contributed by atoms with Crippen molar-refractivity contribution in [3.05, 3.63) is 34.3 Å². The second-order valence-corrected chi connectivity index (χ2v) is 3.75. The molecule has 2 N–H and O–H groups in total. The van der Waals surface area contributed by atoms with Crippen LogP contribution in [0.15, 0.2) is 33.7 Å². The maximum Gasteiger partial charge on any atom is 0.296 e. The van der Waals surface area contributed by atoms with E-state index in [1.54, 1.807) is 12.1 Å². The predicted octanol–water partition coefficient (Wildman–Crippen LogP) is 1.36. The summed E-state index contributed by atoms with van der Waals surface area (Å²) in [5.74, 6) is -0.357. The minimum atomic E-state index is -0.678. The highest BCUT2D eigenvalue weighted by Gasteiger charge is 2.28. The Hall–Kier alpha value is -1.36. The van der Waals surface area contributed by atoms with Crippen molar-refractivity contribution in [1.82, 2.24) is 0 Å². The number of rotatable bonds is 1. The van der Waals surface area contributed by atoms with E-state index in [4.69, 9.17) is 10.5 Å². The van der Waals surface area contributed by atoms with Gasteiger partial charge in [-0.25, -0.2) is 0 Å². The van der Waals surface area contributed by atoms with Gasteiger partial charge in [-0.3, -0.25) is 4.79 Å². The summed E-state index contributed by atoms with van der Waals surface area (Å²) in [5.41, 5.74) is 6.03. The summed E-state index contributed by atoms with van der Waals surface area (Å²) < 4.78 is 6.01. The van der Waals surface area contributed by atoms with E-state index in [0.29, 0.717) is 0 Å². The summed E-state index contributed by atoms with van der Waals surface area (Å²) in [5, 5.41) is 0. The third kappa shape index (κ3) is 1.63. The standard InChI is InChI=1S/C9H7BrN2O2/c10-6-3-1-5(2-4-6)7-8(13)12-9(11)14-7/h1-4,7H,(H2,11,12,13). The number of nitrogens with zero attached hydrogens (tertiary/aromatic N) is 1. The average Bonchev–Trinajstić information content (AvgIpc) is 2.47.